The van der Waals surface area contributed by atoms with Crippen LogP contribution in [0.5, 0.6) is 0 Å². The summed E-state index contributed by atoms with van der Waals surface area (Å²) in [4.78, 5) is 24.6. The van der Waals surface area contributed by atoms with Crippen molar-refractivity contribution < 1.29 is 4.79 Å². The van der Waals surface area contributed by atoms with Gasteiger partial charge in [-0.1, -0.05) is 6.07 Å². The molecule has 3 aromatic heterocycles. The molecule has 0 saturated heterocycles. The maximum Gasteiger partial charge on any atom is 0.274 e. The lowest BCUT2D eigenvalue weighted by Gasteiger charge is -2.06. The number of aryl methyl sites for hydroxylation is 1. The highest BCUT2D eigenvalue weighted by atomic mass is 16.1. The number of aromatic nitrogens is 5. The second-order valence-corrected chi connectivity index (χ2v) is 5.15. The molecular formula is C16H16N6O. The van der Waals surface area contributed by atoms with Crippen LogP contribution in [0.3, 0.4) is 0 Å². The van der Waals surface area contributed by atoms with Crippen molar-refractivity contribution >= 4 is 11.6 Å². The molecule has 3 aromatic rings. The summed E-state index contributed by atoms with van der Waals surface area (Å²) in [7, 11) is 0. The first-order valence-corrected chi connectivity index (χ1v) is 7.14. The molecule has 116 valence electrons. The average Bonchev–Trinajstić information content (AvgIpc) is 2.84. The Hall–Kier alpha value is -3.09. The van der Waals surface area contributed by atoms with Crippen molar-refractivity contribution in [3.05, 3.63) is 59.4 Å². The van der Waals surface area contributed by atoms with Gasteiger partial charge in [0.05, 0.1) is 23.8 Å². The molecular weight excluding hydrogens is 292 g/mol. The molecule has 0 aliphatic rings. The van der Waals surface area contributed by atoms with Gasteiger partial charge in [-0.2, -0.15) is 5.10 Å². The minimum atomic E-state index is -0.302. The number of nitrogens with one attached hydrogen (secondary N) is 1. The Bertz CT molecular complexity index is 839. The standard InChI is InChI=1S/C16H16N6O/c1-10-11(2)21-22(12(10)3)16-18-8-13(9-19-16)20-15(23)14-6-4-5-7-17-14/h4-9H,1-3H3,(H,20,23). The monoisotopic (exact) mass is 308 g/mol. The minimum absolute atomic E-state index is 0.302. The molecule has 7 heteroatoms. The predicted molar refractivity (Wildman–Crippen MR) is 85.6 cm³/mol. The Kier molecular flexibility index (Phi) is 3.84. The van der Waals surface area contributed by atoms with Gasteiger partial charge in [0, 0.05) is 11.9 Å². The molecule has 0 radical (unpaired) electrons. The quantitative estimate of drug-likeness (QED) is 0.802. The maximum atomic E-state index is 12.0. The fraction of sp³-hybridized carbons (Fsp3) is 0.188. The molecule has 0 aliphatic heterocycles. The van der Waals surface area contributed by atoms with Crippen molar-refractivity contribution in [2.75, 3.05) is 5.32 Å². The zero-order chi connectivity index (χ0) is 16.4. The maximum absolute atomic E-state index is 12.0. The van der Waals surface area contributed by atoms with Crippen LogP contribution in [0.2, 0.25) is 0 Å². The summed E-state index contributed by atoms with van der Waals surface area (Å²) in [5.41, 5.74) is 3.89. The largest absolute Gasteiger partial charge is 0.318 e. The zero-order valence-electron chi connectivity index (χ0n) is 13.1. The van der Waals surface area contributed by atoms with Crippen molar-refractivity contribution in [3.8, 4) is 5.95 Å². The van der Waals surface area contributed by atoms with E-state index in [1.807, 2.05) is 20.8 Å². The van der Waals surface area contributed by atoms with E-state index in [4.69, 9.17) is 0 Å². The van der Waals surface area contributed by atoms with Crippen LogP contribution in [-0.2, 0) is 0 Å². The van der Waals surface area contributed by atoms with Gasteiger partial charge >= 0.3 is 0 Å². The highest BCUT2D eigenvalue weighted by Gasteiger charge is 2.12. The van der Waals surface area contributed by atoms with Crippen molar-refractivity contribution in [3.63, 3.8) is 0 Å². The normalized spacial score (nSPS) is 10.6. The number of rotatable bonds is 3. The van der Waals surface area contributed by atoms with Gasteiger partial charge in [-0.15, -0.1) is 0 Å². The summed E-state index contributed by atoms with van der Waals surface area (Å²) in [6.45, 7) is 5.92. The molecule has 0 saturated carbocycles. The molecule has 0 fully saturated rings. The summed E-state index contributed by atoms with van der Waals surface area (Å²) < 4.78 is 1.69. The van der Waals surface area contributed by atoms with E-state index in [0.717, 1.165) is 17.0 Å². The van der Waals surface area contributed by atoms with Gasteiger partial charge in [0.25, 0.3) is 11.9 Å². The fourth-order valence-electron chi connectivity index (χ4n) is 2.10. The summed E-state index contributed by atoms with van der Waals surface area (Å²) in [6, 6.07) is 5.15. The Labute approximate surface area is 133 Å². The molecule has 0 atom stereocenters. The molecule has 0 aliphatic carbocycles. The Balaban J connectivity index is 1.80. The number of hydrogen-bond acceptors (Lipinski definition) is 5. The van der Waals surface area contributed by atoms with Gasteiger partial charge < -0.3 is 5.32 Å². The summed E-state index contributed by atoms with van der Waals surface area (Å²) in [5, 5.41) is 7.12. The number of nitrogens with zero attached hydrogens (tertiary/aromatic N) is 5. The van der Waals surface area contributed by atoms with Crippen molar-refractivity contribution in [1.29, 1.82) is 0 Å². The molecule has 0 spiro atoms. The lowest BCUT2D eigenvalue weighted by atomic mass is 10.2. The van der Waals surface area contributed by atoms with E-state index in [9.17, 15) is 4.79 Å². The minimum Gasteiger partial charge on any atom is -0.318 e. The van der Waals surface area contributed by atoms with Crippen LogP contribution in [0.1, 0.15) is 27.4 Å². The lowest BCUT2D eigenvalue weighted by Crippen LogP contribution is -2.14. The third kappa shape index (κ3) is 2.94. The van der Waals surface area contributed by atoms with Gasteiger partial charge in [0.15, 0.2) is 0 Å². The van der Waals surface area contributed by atoms with E-state index in [2.05, 4.69) is 25.4 Å². The van der Waals surface area contributed by atoms with Crippen molar-refractivity contribution in [2.24, 2.45) is 0 Å². The van der Waals surface area contributed by atoms with E-state index < -0.39 is 0 Å². The van der Waals surface area contributed by atoms with Gasteiger partial charge in [0.1, 0.15) is 5.69 Å². The van der Waals surface area contributed by atoms with Crippen LogP contribution >= 0.6 is 0 Å². The molecule has 1 amide bonds. The first-order valence-electron chi connectivity index (χ1n) is 7.14. The van der Waals surface area contributed by atoms with E-state index in [1.54, 1.807) is 41.5 Å². The molecule has 3 rings (SSSR count). The smallest absolute Gasteiger partial charge is 0.274 e. The Morgan fingerprint density at radius 2 is 1.83 bits per heavy atom. The Morgan fingerprint density at radius 3 is 2.39 bits per heavy atom. The van der Waals surface area contributed by atoms with Gasteiger partial charge in [-0.25, -0.2) is 14.6 Å². The number of carbonyl (C=O) groups is 1. The van der Waals surface area contributed by atoms with Crippen molar-refractivity contribution in [2.45, 2.75) is 20.8 Å². The SMILES string of the molecule is Cc1nn(-c2ncc(NC(=O)c3ccccn3)cn2)c(C)c1C. The van der Waals surface area contributed by atoms with Gasteiger partial charge in [-0.3, -0.25) is 9.78 Å². The predicted octanol–water partition coefficient (Wildman–Crippen LogP) is 2.23. The zero-order valence-corrected chi connectivity index (χ0v) is 13.1. The third-order valence-electron chi connectivity index (χ3n) is 3.64. The van der Waals surface area contributed by atoms with Gasteiger partial charge in [-0.05, 0) is 38.5 Å². The number of anilines is 1. The average molecular weight is 308 g/mol. The molecule has 1 N–H and O–H groups in total. The highest BCUT2D eigenvalue weighted by molar-refractivity contribution is 6.02. The molecule has 0 unspecified atom stereocenters. The van der Waals surface area contributed by atoms with Crippen LogP contribution in [0.25, 0.3) is 5.95 Å². The Morgan fingerprint density at radius 1 is 1.09 bits per heavy atom. The number of pyridine rings is 1. The third-order valence-corrected chi connectivity index (χ3v) is 3.64. The first kappa shape index (κ1) is 14.8. The summed E-state index contributed by atoms with van der Waals surface area (Å²) in [6.07, 6.45) is 4.67. The van der Waals surface area contributed by atoms with Gasteiger partial charge in [0.2, 0.25) is 0 Å². The van der Waals surface area contributed by atoms with Crippen LogP contribution in [0, 0.1) is 20.8 Å². The van der Waals surface area contributed by atoms with Crippen LogP contribution < -0.4 is 5.32 Å². The molecule has 0 aromatic carbocycles. The first-order chi connectivity index (χ1) is 11.1. The van der Waals surface area contributed by atoms with E-state index >= 15 is 0 Å². The molecule has 7 nitrogen and oxygen atoms in total. The van der Waals surface area contributed by atoms with E-state index in [0.29, 0.717) is 17.3 Å². The molecule has 0 bridgehead atoms. The lowest BCUT2D eigenvalue weighted by molar-refractivity contribution is 0.102. The van der Waals surface area contributed by atoms with Crippen LogP contribution in [0.4, 0.5) is 5.69 Å². The molecule has 23 heavy (non-hydrogen) atoms. The number of amides is 1. The summed E-state index contributed by atoms with van der Waals surface area (Å²) in [5.74, 6) is 0.165. The van der Waals surface area contributed by atoms with Crippen LogP contribution in [0.15, 0.2) is 36.8 Å². The van der Waals surface area contributed by atoms with Crippen LogP contribution in [-0.4, -0.2) is 30.6 Å². The number of carbonyl (C=O) groups excluding carboxylic acids is 1. The topological polar surface area (TPSA) is 85.6 Å². The fourth-order valence-corrected chi connectivity index (χ4v) is 2.10. The molecule has 3 heterocycles. The summed E-state index contributed by atoms with van der Waals surface area (Å²) >= 11 is 0. The van der Waals surface area contributed by atoms with E-state index in [-0.39, 0.29) is 5.91 Å². The second kappa shape index (κ2) is 5.96. The number of hydrogen-bond donors (Lipinski definition) is 1. The second-order valence-electron chi connectivity index (χ2n) is 5.15. The van der Waals surface area contributed by atoms with Crippen molar-refractivity contribution in [1.82, 2.24) is 24.7 Å². The highest BCUT2D eigenvalue weighted by Crippen LogP contribution is 2.15. The van der Waals surface area contributed by atoms with E-state index in [1.165, 1.54) is 0 Å².